The molecule has 0 saturated heterocycles. The molecule has 1 aromatic carbocycles. The molecule has 0 aliphatic rings. The molecule has 0 fully saturated rings. The van der Waals surface area contributed by atoms with E-state index in [1.165, 1.54) is 31.2 Å². The topological polar surface area (TPSA) is 134 Å². The Morgan fingerprint density at radius 1 is 1.38 bits per heavy atom. The lowest BCUT2D eigenvalue weighted by Crippen LogP contribution is -2.35. The van der Waals surface area contributed by atoms with Gasteiger partial charge < -0.3 is 16.3 Å². The molecule has 1 aromatic rings. The number of hydrogen-bond acceptors (Lipinski definition) is 5. The van der Waals surface area contributed by atoms with Crippen LogP contribution >= 0.6 is 0 Å². The first-order chi connectivity index (χ1) is 9.74. The zero-order valence-corrected chi connectivity index (χ0v) is 12.5. The van der Waals surface area contributed by atoms with Crippen molar-refractivity contribution in [1.29, 1.82) is 0 Å². The number of sulfonamides is 1. The fraction of sp³-hybridized carbons (Fsp3) is 0.333. The predicted octanol–water partition coefficient (Wildman–Crippen LogP) is 0.448. The molecule has 0 saturated carbocycles. The van der Waals surface area contributed by atoms with Gasteiger partial charge in [0.05, 0.1) is 4.90 Å². The Kier molecular flexibility index (Phi) is 5.68. The third-order valence-electron chi connectivity index (χ3n) is 2.49. The number of nitrogens with one attached hydrogen (secondary N) is 2. The summed E-state index contributed by atoms with van der Waals surface area (Å²) >= 11 is 0. The van der Waals surface area contributed by atoms with Gasteiger partial charge in [-0.3, -0.25) is 4.79 Å². The second-order valence-electron chi connectivity index (χ2n) is 4.52. The molecule has 1 rings (SSSR count). The average Bonchev–Trinajstić information content (AvgIpc) is 2.37. The van der Waals surface area contributed by atoms with Crippen LogP contribution in [-0.4, -0.2) is 31.4 Å². The van der Waals surface area contributed by atoms with E-state index in [9.17, 15) is 13.2 Å². The van der Waals surface area contributed by atoms with Crippen molar-refractivity contribution in [2.24, 2.45) is 10.9 Å². The monoisotopic (exact) mass is 314 g/mol. The number of rotatable bonds is 6. The van der Waals surface area contributed by atoms with E-state index in [0.717, 1.165) is 0 Å². The third kappa shape index (κ3) is 5.40. The van der Waals surface area contributed by atoms with Crippen molar-refractivity contribution in [3.63, 3.8) is 0 Å². The first kappa shape index (κ1) is 16.9. The van der Waals surface area contributed by atoms with E-state index in [1.807, 2.05) is 0 Å². The van der Waals surface area contributed by atoms with Gasteiger partial charge in [0, 0.05) is 25.1 Å². The Morgan fingerprint density at radius 2 is 1.95 bits per heavy atom. The number of carbonyl (C=O) groups is 1. The Hall–Kier alpha value is -2.13. The second kappa shape index (κ2) is 7.04. The fourth-order valence-corrected chi connectivity index (χ4v) is 2.89. The van der Waals surface area contributed by atoms with Gasteiger partial charge in [-0.05, 0) is 31.2 Å². The molecule has 116 valence electrons. The van der Waals surface area contributed by atoms with Crippen molar-refractivity contribution in [1.82, 2.24) is 4.72 Å². The minimum absolute atomic E-state index is 0.0583. The van der Waals surface area contributed by atoms with E-state index in [0.29, 0.717) is 5.69 Å². The van der Waals surface area contributed by atoms with Crippen LogP contribution in [0.5, 0.6) is 0 Å². The van der Waals surface area contributed by atoms with Crippen LogP contribution in [0.1, 0.15) is 20.3 Å². The third-order valence-corrected chi connectivity index (χ3v) is 4.09. The van der Waals surface area contributed by atoms with E-state index < -0.39 is 16.1 Å². The molecule has 8 nitrogen and oxygen atoms in total. The highest BCUT2D eigenvalue weighted by atomic mass is 32.2. The summed E-state index contributed by atoms with van der Waals surface area (Å²) in [7, 11) is -3.71. The van der Waals surface area contributed by atoms with E-state index >= 15 is 0 Å². The minimum atomic E-state index is -3.71. The molecule has 5 N–H and O–H groups in total. The van der Waals surface area contributed by atoms with Crippen LogP contribution in [0.4, 0.5) is 5.69 Å². The lowest BCUT2D eigenvalue weighted by atomic mass is 10.2. The summed E-state index contributed by atoms with van der Waals surface area (Å²) in [6.07, 6.45) is 0.0830. The molecule has 1 amide bonds. The second-order valence-corrected chi connectivity index (χ2v) is 6.24. The van der Waals surface area contributed by atoms with Crippen molar-refractivity contribution in [2.75, 3.05) is 5.32 Å². The van der Waals surface area contributed by atoms with Gasteiger partial charge in [-0.15, -0.1) is 0 Å². The zero-order valence-electron chi connectivity index (χ0n) is 11.7. The van der Waals surface area contributed by atoms with E-state index in [2.05, 4.69) is 15.2 Å². The summed E-state index contributed by atoms with van der Waals surface area (Å²) in [5.41, 5.74) is 5.83. The quantitative estimate of drug-likeness (QED) is 0.262. The molecule has 21 heavy (non-hydrogen) atoms. The normalized spacial score (nSPS) is 13.7. The first-order valence-corrected chi connectivity index (χ1v) is 7.59. The minimum Gasteiger partial charge on any atom is -0.409 e. The van der Waals surface area contributed by atoms with E-state index in [1.54, 1.807) is 6.92 Å². The van der Waals surface area contributed by atoms with Crippen molar-refractivity contribution in [2.45, 2.75) is 31.2 Å². The molecule has 0 aliphatic heterocycles. The van der Waals surface area contributed by atoms with Gasteiger partial charge >= 0.3 is 0 Å². The average molecular weight is 314 g/mol. The summed E-state index contributed by atoms with van der Waals surface area (Å²) in [5.74, 6) is -0.303. The van der Waals surface area contributed by atoms with Gasteiger partial charge in [0.15, 0.2) is 0 Å². The maximum Gasteiger partial charge on any atom is 0.240 e. The Labute approximate surface area is 123 Å². The summed E-state index contributed by atoms with van der Waals surface area (Å²) in [6.45, 7) is 2.96. The molecule has 0 spiro atoms. The number of oxime groups is 1. The first-order valence-electron chi connectivity index (χ1n) is 6.11. The van der Waals surface area contributed by atoms with Gasteiger partial charge in [0.1, 0.15) is 5.84 Å². The predicted molar refractivity (Wildman–Crippen MR) is 78.6 cm³/mol. The summed E-state index contributed by atoms with van der Waals surface area (Å²) in [6, 6.07) is 5.21. The van der Waals surface area contributed by atoms with Crippen LogP contribution in [-0.2, 0) is 14.8 Å². The van der Waals surface area contributed by atoms with Crippen LogP contribution < -0.4 is 15.8 Å². The standard InChI is InChI=1S/C12H18N4O4S/c1-8(7-12(13)15-18)16-21(19,20)11-5-3-10(4-6-11)14-9(2)17/h3-6,8,16,18H,7H2,1-2H3,(H2,13,15)(H,14,17). The molecule has 1 unspecified atom stereocenters. The van der Waals surface area contributed by atoms with Crippen LogP contribution in [0.2, 0.25) is 0 Å². The Morgan fingerprint density at radius 3 is 2.43 bits per heavy atom. The lowest BCUT2D eigenvalue weighted by molar-refractivity contribution is -0.114. The van der Waals surface area contributed by atoms with Crippen molar-refractivity contribution >= 4 is 27.5 Å². The van der Waals surface area contributed by atoms with Crippen LogP contribution in [0, 0.1) is 0 Å². The Bertz CT molecular complexity index is 625. The number of amides is 1. The largest absolute Gasteiger partial charge is 0.409 e. The number of amidine groups is 1. The molecule has 0 bridgehead atoms. The molecule has 0 heterocycles. The lowest BCUT2D eigenvalue weighted by Gasteiger charge is -2.13. The Balaban J connectivity index is 2.80. The molecule has 0 radical (unpaired) electrons. The molecule has 1 atom stereocenters. The van der Waals surface area contributed by atoms with Gasteiger partial charge in [-0.25, -0.2) is 13.1 Å². The molecule has 0 aliphatic carbocycles. The molecule has 9 heteroatoms. The van der Waals surface area contributed by atoms with Gasteiger partial charge in [0.2, 0.25) is 15.9 Å². The number of hydrogen-bond donors (Lipinski definition) is 4. The number of nitrogens with two attached hydrogens (primary N) is 1. The highest BCUT2D eigenvalue weighted by molar-refractivity contribution is 7.89. The maximum absolute atomic E-state index is 12.1. The highest BCUT2D eigenvalue weighted by Gasteiger charge is 2.18. The maximum atomic E-state index is 12.1. The van der Waals surface area contributed by atoms with E-state index in [-0.39, 0.29) is 23.1 Å². The smallest absolute Gasteiger partial charge is 0.240 e. The van der Waals surface area contributed by atoms with Gasteiger partial charge in [0.25, 0.3) is 0 Å². The molecular weight excluding hydrogens is 296 g/mol. The van der Waals surface area contributed by atoms with Gasteiger partial charge in [-0.2, -0.15) is 0 Å². The van der Waals surface area contributed by atoms with Crippen molar-refractivity contribution in [3.8, 4) is 0 Å². The number of carbonyl (C=O) groups excluding carboxylic acids is 1. The SMILES string of the molecule is CC(=O)Nc1ccc(S(=O)(=O)NC(C)CC(N)=NO)cc1. The van der Waals surface area contributed by atoms with Crippen LogP contribution in [0.3, 0.4) is 0 Å². The van der Waals surface area contributed by atoms with Gasteiger partial charge in [-0.1, -0.05) is 5.16 Å². The molecular formula is C12H18N4O4S. The summed E-state index contributed by atoms with van der Waals surface area (Å²) < 4.78 is 26.6. The van der Waals surface area contributed by atoms with E-state index in [4.69, 9.17) is 10.9 Å². The van der Waals surface area contributed by atoms with Crippen molar-refractivity contribution < 1.29 is 18.4 Å². The van der Waals surface area contributed by atoms with Crippen LogP contribution in [0.15, 0.2) is 34.3 Å². The van der Waals surface area contributed by atoms with Crippen molar-refractivity contribution in [3.05, 3.63) is 24.3 Å². The molecule has 0 aromatic heterocycles. The summed E-state index contributed by atoms with van der Waals surface area (Å²) in [4.78, 5) is 10.9. The number of benzene rings is 1. The zero-order chi connectivity index (χ0) is 16.0. The fourth-order valence-electron chi connectivity index (χ4n) is 1.65. The number of nitrogens with zero attached hydrogens (tertiary/aromatic N) is 1. The summed E-state index contributed by atoms with van der Waals surface area (Å²) in [5, 5.41) is 13.8. The highest BCUT2D eigenvalue weighted by Crippen LogP contribution is 2.14. The van der Waals surface area contributed by atoms with Crippen LogP contribution in [0.25, 0.3) is 0 Å². The number of anilines is 1.